The predicted molar refractivity (Wildman–Crippen MR) is 85.4 cm³/mol. The Labute approximate surface area is 132 Å². The van der Waals surface area contributed by atoms with Gasteiger partial charge in [-0.25, -0.2) is 9.78 Å². The Balaban J connectivity index is 2.37. The van der Waals surface area contributed by atoms with Crippen LogP contribution < -0.4 is 5.73 Å². The van der Waals surface area contributed by atoms with Gasteiger partial charge in [0.1, 0.15) is 6.07 Å². The van der Waals surface area contributed by atoms with E-state index in [1.807, 2.05) is 26.0 Å². The van der Waals surface area contributed by atoms with Crippen LogP contribution in [0, 0.1) is 25.2 Å². The Morgan fingerprint density at radius 1 is 1.43 bits per heavy atom. The number of hydrogen-bond donors (Lipinski definition) is 2. The molecule has 3 aromatic rings. The fraction of sp³-hybridized carbons (Fsp3) is 0.188. The van der Waals surface area contributed by atoms with Crippen molar-refractivity contribution in [3.8, 4) is 11.8 Å². The van der Waals surface area contributed by atoms with Crippen LogP contribution in [0.4, 0.5) is 5.69 Å². The third-order valence-corrected chi connectivity index (χ3v) is 4.05. The summed E-state index contributed by atoms with van der Waals surface area (Å²) in [6.45, 7) is 3.89. The summed E-state index contributed by atoms with van der Waals surface area (Å²) in [5.74, 6) is -0.592. The van der Waals surface area contributed by atoms with Crippen molar-refractivity contribution in [2.24, 2.45) is 0 Å². The number of aryl methyl sites for hydroxylation is 1. The zero-order chi connectivity index (χ0) is 16.7. The second kappa shape index (κ2) is 5.18. The number of fused-ring (bicyclic) bond motifs is 1. The van der Waals surface area contributed by atoms with Crippen molar-refractivity contribution >= 4 is 22.7 Å². The molecule has 0 aliphatic rings. The quantitative estimate of drug-likeness (QED) is 0.705. The summed E-state index contributed by atoms with van der Waals surface area (Å²) in [5, 5.41) is 9.21. The summed E-state index contributed by atoms with van der Waals surface area (Å²) in [6.07, 6.45) is 3.17. The summed E-state index contributed by atoms with van der Waals surface area (Å²) in [6, 6.07) is 3.87. The molecule has 0 spiro atoms. The first-order chi connectivity index (χ1) is 11.0. The van der Waals surface area contributed by atoms with E-state index in [0.717, 1.165) is 27.8 Å². The number of aromatic amines is 1. The molecule has 2 aromatic heterocycles. The highest BCUT2D eigenvalue weighted by molar-refractivity contribution is 5.96. The van der Waals surface area contributed by atoms with E-state index < -0.39 is 5.97 Å². The fourth-order valence-corrected chi connectivity index (χ4v) is 2.68. The molecule has 0 saturated heterocycles. The summed E-state index contributed by atoms with van der Waals surface area (Å²) >= 11 is 0. The third kappa shape index (κ3) is 2.04. The highest BCUT2D eigenvalue weighted by atomic mass is 16.5. The maximum atomic E-state index is 12.1. The van der Waals surface area contributed by atoms with Gasteiger partial charge in [0.05, 0.1) is 41.4 Å². The molecule has 23 heavy (non-hydrogen) atoms. The Kier molecular flexibility index (Phi) is 3.30. The van der Waals surface area contributed by atoms with Crippen LogP contribution >= 0.6 is 0 Å². The van der Waals surface area contributed by atoms with Gasteiger partial charge in [0.25, 0.3) is 0 Å². The molecule has 0 unspecified atom stereocenters. The maximum Gasteiger partial charge on any atom is 0.357 e. The molecule has 0 bridgehead atoms. The molecule has 3 N–H and O–H groups in total. The second-order valence-electron chi connectivity index (χ2n) is 5.22. The fourth-order valence-electron chi connectivity index (χ4n) is 2.68. The topological polar surface area (TPSA) is 110 Å². The molecule has 0 aliphatic carbocycles. The summed E-state index contributed by atoms with van der Waals surface area (Å²) < 4.78 is 6.41. The number of esters is 1. The Hall–Kier alpha value is -3.27. The number of nitrogens with zero attached hydrogens (tertiary/aromatic N) is 3. The minimum Gasteiger partial charge on any atom is -0.464 e. The van der Waals surface area contributed by atoms with Gasteiger partial charge >= 0.3 is 5.97 Å². The molecule has 116 valence electrons. The van der Waals surface area contributed by atoms with Crippen molar-refractivity contribution < 1.29 is 9.53 Å². The second-order valence-corrected chi connectivity index (χ2v) is 5.22. The van der Waals surface area contributed by atoms with E-state index in [1.165, 1.54) is 7.11 Å². The molecule has 0 saturated carbocycles. The normalized spacial score (nSPS) is 10.7. The van der Waals surface area contributed by atoms with Gasteiger partial charge in [-0.2, -0.15) is 5.26 Å². The van der Waals surface area contributed by atoms with E-state index in [9.17, 15) is 10.1 Å². The molecule has 3 rings (SSSR count). The number of H-pyrrole nitrogens is 1. The number of aromatic nitrogens is 3. The molecule has 0 amide bonds. The number of nitrogen functional groups attached to an aromatic ring is 1. The summed E-state index contributed by atoms with van der Waals surface area (Å²) in [5.41, 5.74) is 10.8. The van der Waals surface area contributed by atoms with Crippen molar-refractivity contribution in [1.29, 1.82) is 5.26 Å². The summed E-state index contributed by atoms with van der Waals surface area (Å²) in [7, 11) is 1.28. The average molecular weight is 309 g/mol. The van der Waals surface area contributed by atoms with Gasteiger partial charge < -0.3 is 20.0 Å². The monoisotopic (exact) mass is 309 g/mol. The number of benzene rings is 1. The predicted octanol–water partition coefficient (Wildman–Crippen LogP) is 2.21. The highest BCUT2D eigenvalue weighted by Crippen LogP contribution is 2.30. The van der Waals surface area contributed by atoms with Gasteiger partial charge in [-0.3, -0.25) is 0 Å². The van der Waals surface area contributed by atoms with Crippen LogP contribution in [0.15, 0.2) is 18.6 Å². The average Bonchev–Trinajstić information content (AvgIpc) is 3.14. The van der Waals surface area contributed by atoms with Gasteiger partial charge in [-0.15, -0.1) is 0 Å². The van der Waals surface area contributed by atoms with Gasteiger partial charge in [-0.05, 0) is 31.0 Å². The molecule has 0 radical (unpaired) electrons. The number of nitriles is 1. The number of hydrogen-bond acceptors (Lipinski definition) is 5. The minimum atomic E-state index is -0.592. The SMILES string of the molecule is COC(=O)c1c(N)c(C#N)cn1-c1cc2[nH]cnc2c(C)c1C. The van der Waals surface area contributed by atoms with Crippen LogP contribution in [0.2, 0.25) is 0 Å². The van der Waals surface area contributed by atoms with Gasteiger partial charge in [0.2, 0.25) is 0 Å². The minimum absolute atomic E-state index is 0.112. The Bertz CT molecular complexity index is 975. The lowest BCUT2D eigenvalue weighted by Crippen LogP contribution is -2.12. The number of rotatable bonds is 2. The van der Waals surface area contributed by atoms with Crippen LogP contribution in [0.3, 0.4) is 0 Å². The zero-order valence-corrected chi connectivity index (χ0v) is 13.0. The van der Waals surface area contributed by atoms with Crippen molar-refractivity contribution in [3.05, 3.63) is 41.0 Å². The molecule has 7 nitrogen and oxygen atoms in total. The number of carbonyl (C=O) groups is 1. The first kappa shape index (κ1) is 14.7. The highest BCUT2D eigenvalue weighted by Gasteiger charge is 2.23. The standard InChI is InChI=1S/C16H15N5O2/c1-8-9(2)14-11(19-7-20-14)4-12(8)21-6-10(5-17)13(18)15(21)16(22)23-3/h4,6-7H,18H2,1-3H3,(H,19,20). The Morgan fingerprint density at radius 3 is 2.83 bits per heavy atom. The third-order valence-electron chi connectivity index (χ3n) is 4.05. The van der Waals surface area contributed by atoms with Crippen LogP contribution in [0.25, 0.3) is 16.7 Å². The van der Waals surface area contributed by atoms with Gasteiger partial charge in [0, 0.05) is 6.20 Å². The van der Waals surface area contributed by atoms with Crippen molar-refractivity contribution in [2.45, 2.75) is 13.8 Å². The maximum absolute atomic E-state index is 12.1. The smallest absolute Gasteiger partial charge is 0.357 e. The lowest BCUT2D eigenvalue weighted by atomic mass is 10.1. The first-order valence-electron chi connectivity index (χ1n) is 6.92. The lowest BCUT2D eigenvalue weighted by Gasteiger charge is -2.13. The van der Waals surface area contributed by atoms with E-state index in [2.05, 4.69) is 9.97 Å². The van der Waals surface area contributed by atoms with Crippen LogP contribution in [-0.4, -0.2) is 27.6 Å². The number of anilines is 1. The number of nitrogens with two attached hydrogens (primary N) is 1. The van der Waals surface area contributed by atoms with Crippen molar-refractivity contribution in [1.82, 2.24) is 14.5 Å². The number of carbonyl (C=O) groups excluding carboxylic acids is 1. The zero-order valence-electron chi connectivity index (χ0n) is 13.0. The van der Waals surface area contributed by atoms with E-state index in [0.29, 0.717) is 0 Å². The molecule has 1 aromatic carbocycles. The lowest BCUT2D eigenvalue weighted by molar-refractivity contribution is 0.0593. The molecule has 7 heteroatoms. The molecule has 0 aliphatic heterocycles. The molecular formula is C16H15N5O2. The van der Waals surface area contributed by atoms with Crippen molar-refractivity contribution in [3.63, 3.8) is 0 Å². The van der Waals surface area contributed by atoms with Gasteiger partial charge in [-0.1, -0.05) is 0 Å². The van der Waals surface area contributed by atoms with E-state index in [-0.39, 0.29) is 16.9 Å². The number of nitrogens with one attached hydrogen (secondary N) is 1. The number of imidazole rings is 1. The largest absolute Gasteiger partial charge is 0.464 e. The molecule has 2 heterocycles. The molecular weight excluding hydrogens is 294 g/mol. The Morgan fingerprint density at radius 2 is 2.17 bits per heavy atom. The summed E-state index contributed by atoms with van der Waals surface area (Å²) in [4.78, 5) is 19.5. The first-order valence-corrected chi connectivity index (χ1v) is 6.92. The van der Waals surface area contributed by atoms with Crippen LogP contribution in [-0.2, 0) is 4.74 Å². The van der Waals surface area contributed by atoms with E-state index in [4.69, 9.17) is 10.5 Å². The molecule has 0 atom stereocenters. The van der Waals surface area contributed by atoms with Crippen molar-refractivity contribution in [2.75, 3.05) is 12.8 Å². The van der Waals surface area contributed by atoms with E-state index >= 15 is 0 Å². The van der Waals surface area contributed by atoms with Crippen LogP contribution in [0.1, 0.15) is 27.2 Å². The van der Waals surface area contributed by atoms with Gasteiger partial charge in [0.15, 0.2) is 5.69 Å². The van der Waals surface area contributed by atoms with E-state index in [1.54, 1.807) is 17.1 Å². The number of ether oxygens (including phenoxy) is 1. The number of methoxy groups -OCH3 is 1. The molecule has 0 fully saturated rings. The van der Waals surface area contributed by atoms with Crippen LogP contribution in [0.5, 0.6) is 0 Å².